The number of amides is 1. The molecule has 0 saturated heterocycles. The second-order valence-electron chi connectivity index (χ2n) is 8.10. The van der Waals surface area contributed by atoms with Crippen molar-refractivity contribution in [2.24, 2.45) is 7.05 Å². The van der Waals surface area contributed by atoms with Gasteiger partial charge in [-0.1, -0.05) is 24.3 Å². The van der Waals surface area contributed by atoms with Gasteiger partial charge in [-0.05, 0) is 36.6 Å². The van der Waals surface area contributed by atoms with E-state index >= 15 is 0 Å². The maximum atomic E-state index is 13.1. The number of carbonyl (C=O) groups excluding carboxylic acids is 1. The van der Waals surface area contributed by atoms with Gasteiger partial charge in [0.05, 0.1) is 23.6 Å². The van der Waals surface area contributed by atoms with Crippen LogP contribution in [0.1, 0.15) is 38.7 Å². The van der Waals surface area contributed by atoms with Gasteiger partial charge in [-0.25, -0.2) is 0 Å². The van der Waals surface area contributed by atoms with Gasteiger partial charge in [0, 0.05) is 39.8 Å². The van der Waals surface area contributed by atoms with Crippen molar-refractivity contribution in [1.82, 2.24) is 29.4 Å². The van der Waals surface area contributed by atoms with E-state index in [4.69, 9.17) is 0 Å². The van der Waals surface area contributed by atoms with Crippen molar-refractivity contribution in [1.29, 1.82) is 0 Å². The zero-order valence-corrected chi connectivity index (χ0v) is 17.0. The molecule has 0 saturated carbocycles. The van der Waals surface area contributed by atoms with Crippen LogP contribution in [0.3, 0.4) is 0 Å². The summed E-state index contributed by atoms with van der Waals surface area (Å²) in [7, 11) is 1.99. The Bertz CT molecular complexity index is 1070. The summed E-state index contributed by atoms with van der Waals surface area (Å²) in [5.74, 6) is 0.0372. The molecular formula is C22H26N6O. The third-order valence-electron chi connectivity index (χ3n) is 6.00. The minimum atomic E-state index is 0.0372. The highest BCUT2D eigenvalue weighted by Gasteiger charge is 2.26. The normalized spacial score (nSPS) is 16.6. The molecule has 2 aromatic heterocycles. The summed E-state index contributed by atoms with van der Waals surface area (Å²) < 4.78 is 3.94. The van der Waals surface area contributed by atoms with Crippen LogP contribution in [-0.2, 0) is 39.6 Å². The van der Waals surface area contributed by atoms with Gasteiger partial charge in [-0.15, -0.1) is 0 Å². The number of hydrogen-bond donors (Lipinski definition) is 0. The van der Waals surface area contributed by atoms with Gasteiger partial charge >= 0.3 is 0 Å². The van der Waals surface area contributed by atoms with Gasteiger partial charge in [0.2, 0.25) is 0 Å². The molecule has 0 N–H and O–H groups in total. The monoisotopic (exact) mass is 390 g/mol. The fraction of sp³-hybridized carbons (Fsp3) is 0.409. The second kappa shape index (κ2) is 7.15. The van der Waals surface area contributed by atoms with Gasteiger partial charge in [-0.3, -0.25) is 19.1 Å². The van der Waals surface area contributed by atoms with Crippen molar-refractivity contribution in [3.63, 3.8) is 0 Å². The Morgan fingerprint density at radius 2 is 1.86 bits per heavy atom. The molecule has 5 rings (SSSR count). The Morgan fingerprint density at radius 3 is 2.66 bits per heavy atom. The molecule has 0 radical (unpaired) electrons. The topological polar surface area (TPSA) is 59.2 Å². The third-order valence-corrected chi connectivity index (χ3v) is 6.00. The summed E-state index contributed by atoms with van der Waals surface area (Å²) in [6, 6.07) is 12.5. The lowest BCUT2D eigenvalue weighted by Gasteiger charge is -2.28. The molecule has 0 spiro atoms. The van der Waals surface area contributed by atoms with Crippen molar-refractivity contribution < 1.29 is 4.79 Å². The Morgan fingerprint density at radius 1 is 1.03 bits per heavy atom. The van der Waals surface area contributed by atoms with E-state index in [0.29, 0.717) is 12.2 Å². The number of rotatable bonds is 3. The number of benzene rings is 1. The van der Waals surface area contributed by atoms with Crippen LogP contribution >= 0.6 is 0 Å². The summed E-state index contributed by atoms with van der Waals surface area (Å²) in [6.45, 7) is 6.83. The molecule has 2 aliphatic rings. The van der Waals surface area contributed by atoms with Crippen molar-refractivity contribution in [3.05, 3.63) is 70.3 Å². The zero-order chi connectivity index (χ0) is 20.0. The summed E-state index contributed by atoms with van der Waals surface area (Å²) in [6.07, 6.45) is 0.910. The highest BCUT2D eigenvalue weighted by atomic mass is 16.2. The van der Waals surface area contributed by atoms with Crippen LogP contribution < -0.4 is 0 Å². The van der Waals surface area contributed by atoms with Crippen LogP contribution in [0.4, 0.5) is 0 Å². The first-order valence-corrected chi connectivity index (χ1v) is 10.2. The van der Waals surface area contributed by atoms with E-state index in [9.17, 15) is 4.79 Å². The SMILES string of the molecule is Cc1cc(CN2CCn3nc(C(=O)N4CCc5ccccc5C4)cc3C2)n(C)n1. The Hall–Kier alpha value is -2.93. The maximum absolute atomic E-state index is 13.1. The van der Waals surface area contributed by atoms with E-state index in [1.165, 1.54) is 16.8 Å². The lowest BCUT2D eigenvalue weighted by molar-refractivity contribution is 0.0727. The van der Waals surface area contributed by atoms with Crippen LogP contribution in [0.2, 0.25) is 0 Å². The number of carbonyl (C=O) groups is 1. The molecule has 1 amide bonds. The van der Waals surface area contributed by atoms with Crippen molar-refractivity contribution in [2.75, 3.05) is 13.1 Å². The van der Waals surface area contributed by atoms with Crippen LogP contribution in [0.25, 0.3) is 0 Å². The zero-order valence-electron chi connectivity index (χ0n) is 17.0. The van der Waals surface area contributed by atoms with E-state index in [1.807, 2.05) is 40.4 Å². The molecule has 29 heavy (non-hydrogen) atoms. The molecule has 7 heteroatoms. The summed E-state index contributed by atoms with van der Waals surface area (Å²) in [4.78, 5) is 17.4. The first-order valence-electron chi connectivity index (χ1n) is 10.2. The molecule has 0 atom stereocenters. The molecule has 1 aromatic carbocycles. The molecule has 2 aliphatic heterocycles. The number of nitrogens with zero attached hydrogens (tertiary/aromatic N) is 6. The fourth-order valence-electron chi connectivity index (χ4n) is 4.43. The number of aryl methyl sites for hydroxylation is 2. The number of aromatic nitrogens is 4. The average molecular weight is 390 g/mol. The van der Waals surface area contributed by atoms with Crippen LogP contribution in [0.5, 0.6) is 0 Å². The van der Waals surface area contributed by atoms with Crippen LogP contribution in [0.15, 0.2) is 36.4 Å². The lowest BCUT2D eigenvalue weighted by Crippen LogP contribution is -2.36. The Kier molecular flexibility index (Phi) is 4.47. The molecule has 150 valence electrons. The molecule has 0 fully saturated rings. The van der Waals surface area contributed by atoms with E-state index in [2.05, 4.69) is 39.4 Å². The van der Waals surface area contributed by atoms with E-state index in [0.717, 1.165) is 50.5 Å². The summed E-state index contributed by atoms with van der Waals surface area (Å²) in [5.41, 5.74) is 6.52. The minimum absolute atomic E-state index is 0.0372. The van der Waals surface area contributed by atoms with Crippen molar-refractivity contribution in [2.45, 2.75) is 39.5 Å². The van der Waals surface area contributed by atoms with Crippen LogP contribution in [-0.4, -0.2) is 48.4 Å². The predicted octanol–water partition coefficient (Wildman–Crippen LogP) is 2.14. The molecule has 3 aromatic rings. The molecule has 4 heterocycles. The van der Waals surface area contributed by atoms with Gasteiger partial charge < -0.3 is 4.90 Å². The second-order valence-corrected chi connectivity index (χ2v) is 8.10. The lowest BCUT2D eigenvalue weighted by atomic mass is 10.00. The molecule has 7 nitrogen and oxygen atoms in total. The van der Waals surface area contributed by atoms with Crippen molar-refractivity contribution in [3.8, 4) is 0 Å². The molecule has 0 aliphatic carbocycles. The largest absolute Gasteiger partial charge is 0.333 e. The van der Waals surface area contributed by atoms with Gasteiger partial charge in [-0.2, -0.15) is 10.2 Å². The number of hydrogen-bond acceptors (Lipinski definition) is 4. The predicted molar refractivity (Wildman–Crippen MR) is 109 cm³/mol. The fourth-order valence-corrected chi connectivity index (χ4v) is 4.43. The number of fused-ring (bicyclic) bond motifs is 2. The third kappa shape index (κ3) is 3.46. The highest BCUT2D eigenvalue weighted by molar-refractivity contribution is 5.92. The minimum Gasteiger partial charge on any atom is -0.333 e. The van der Waals surface area contributed by atoms with E-state index in [1.54, 1.807) is 0 Å². The van der Waals surface area contributed by atoms with Gasteiger partial charge in [0.15, 0.2) is 5.69 Å². The Balaban J connectivity index is 1.29. The standard InChI is InChI=1S/C22H26N6O/c1-16-11-19(25(2)23-16)14-26-9-10-28-20(15-26)12-21(24-28)22(29)27-8-7-17-5-3-4-6-18(17)13-27/h3-6,11-12H,7-10,13-15H2,1-2H3. The van der Waals surface area contributed by atoms with Crippen molar-refractivity contribution >= 4 is 5.91 Å². The summed E-state index contributed by atoms with van der Waals surface area (Å²) >= 11 is 0. The molecular weight excluding hydrogens is 364 g/mol. The van der Waals surface area contributed by atoms with E-state index < -0.39 is 0 Å². The Labute approximate surface area is 170 Å². The molecule has 0 bridgehead atoms. The quantitative estimate of drug-likeness (QED) is 0.688. The first-order chi connectivity index (χ1) is 14.1. The highest BCUT2D eigenvalue weighted by Crippen LogP contribution is 2.22. The van der Waals surface area contributed by atoms with Gasteiger partial charge in [0.1, 0.15) is 0 Å². The maximum Gasteiger partial charge on any atom is 0.274 e. The first kappa shape index (κ1) is 18.1. The van der Waals surface area contributed by atoms with Crippen LogP contribution in [0, 0.1) is 6.92 Å². The molecule has 0 unspecified atom stereocenters. The smallest absolute Gasteiger partial charge is 0.274 e. The van der Waals surface area contributed by atoms with Gasteiger partial charge in [0.25, 0.3) is 5.91 Å². The summed E-state index contributed by atoms with van der Waals surface area (Å²) in [5, 5.41) is 9.06. The van der Waals surface area contributed by atoms with E-state index in [-0.39, 0.29) is 5.91 Å². The average Bonchev–Trinajstić information content (AvgIpc) is 3.29.